The molecule has 0 atom stereocenters. The number of carbonyl (C=O) groups is 1. The highest BCUT2D eigenvalue weighted by Crippen LogP contribution is 2.35. The number of nitrogens with two attached hydrogens (primary N) is 1. The number of ether oxygens (including phenoxy) is 1. The van der Waals surface area contributed by atoms with Crippen LogP contribution in [0.15, 0.2) is 47.1 Å². The third-order valence-corrected chi connectivity index (χ3v) is 4.78. The van der Waals surface area contributed by atoms with Crippen LogP contribution in [0.2, 0.25) is 10.0 Å². The maximum Gasteiger partial charge on any atom is 0.269 e. The van der Waals surface area contributed by atoms with Crippen LogP contribution in [0.25, 0.3) is 0 Å². The van der Waals surface area contributed by atoms with Gasteiger partial charge < -0.3 is 20.8 Å². The summed E-state index contributed by atoms with van der Waals surface area (Å²) >= 11 is 15.3. The normalized spacial score (nSPS) is 10.7. The molecule has 0 fully saturated rings. The van der Waals surface area contributed by atoms with Crippen molar-refractivity contribution in [1.82, 2.24) is 10.3 Å². The van der Waals surface area contributed by atoms with E-state index in [0.29, 0.717) is 20.9 Å². The highest BCUT2D eigenvalue weighted by Gasteiger charge is 2.17. The number of halogens is 4. The fourth-order valence-electron chi connectivity index (χ4n) is 2.35. The number of benzene rings is 2. The van der Waals surface area contributed by atoms with Crippen LogP contribution in [-0.2, 0) is 6.54 Å². The van der Waals surface area contributed by atoms with E-state index in [-0.39, 0.29) is 34.5 Å². The molecule has 0 saturated heterocycles. The van der Waals surface area contributed by atoms with Gasteiger partial charge in [0, 0.05) is 39.6 Å². The van der Waals surface area contributed by atoms with Gasteiger partial charge in [0.05, 0.1) is 5.02 Å². The van der Waals surface area contributed by atoms with Gasteiger partial charge in [-0.1, -0.05) is 29.3 Å². The first-order chi connectivity index (χ1) is 12.8. The minimum atomic E-state index is -0.688. The van der Waals surface area contributed by atoms with Crippen LogP contribution in [0, 0.1) is 5.82 Å². The third-order valence-electron chi connectivity index (χ3n) is 3.61. The molecule has 3 aromatic rings. The van der Waals surface area contributed by atoms with Crippen LogP contribution >= 0.6 is 39.1 Å². The lowest BCUT2D eigenvalue weighted by Crippen LogP contribution is -2.24. The lowest BCUT2D eigenvalue weighted by Gasteiger charge is -2.13. The summed E-state index contributed by atoms with van der Waals surface area (Å²) < 4.78 is 21.0. The second-order valence-electron chi connectivity index (χ2n) is 5.56. The monoisotopic (exact) mass is 471 g/mol. The first-order valence-electron chi connectivity index (χ1n) is 7.67. The minimum absolute atomic E-state index is 0.0542. The Kier molecular flexibility index (Phi) is 5.94. The van der Waals surface area contributed by atoms with Crippen LogP contribution in [0.1, 0.15) is 16.1 Å². The average Bonchev–Trinajstić information content (AvgIpc) is 3.03. The van der Waals surface area contributed by atoms with Gasteiger partial charge in [-0.3, -0.25) is 4.79 Å². The predicted molar refractivity (Wildman–Crippen MR) is 107 cm³/mol. The summed E-state index contributed by atoms with van der Waals surface area (Å²) in [4.78, 5) is 14.9. The highest BCUT2D eigenvalue weighted by atomic mass is 79.9. The van der Waals surface area contributed by atoms with Gasteiger partial charge in [-0.15, -0.1) is 0 Å². The summed E-state index contributed by atoms with van der Waals surface area (Å²) in [5.41, 5.74) is 6.63. The average molecular weight is 473 g/mol. The fraction of sp³-hybridized carbons (Fsp3) is 0.0556. The number of hydrogen-bond acceptors (Lipinski definition) is 3. The second-order valence-corrected chi connectivity index (χ2v) is 7.25. The number of nitrogens with one attached hydrogen (secondary N) is 2. The molecule has 0 bridgehead atoms. The molecule has 0 aliphatic heterocycles. The molecule has 1 amide bonds. The van der Waals surface area contributed by atoms with Gasteiger partial charge in [0.2, 0.25) is 0 Å². The van der Waals surface area contributed by atoms with Gasteiger partial charge in [0.15, 0.2) is 11.6 Å². The molecule has 9 heteroatoms. The number of carbonyl (C=O) groups excluding carboxylic acids is 1. The molecule has 5 nitrogen and oxygen atoms in total. The Morgan fingerprint density at radius 2 is 2.04 bits per heavy atom. The van der Waals surface area contributed by atoms with Crippen LogP contribution in [0.3, 0.4) is 0 Å². The smallest absolute Gasteiger partial charge is 0.269 e. The van der Waals surface area contributed by atoms with Crippen molar-refractivity contribution in [1.29, 1.82) is 0 Å². The first kappa shape index (κ1) is 19.5. The fourth-order valence-corrected chi connectivity index (χ4v) is 3.20. The van der Waals surface area contributed by atoms with Gasteiger partial charge >= 0.3 is 0 Å². The maximum atomic E-state index is 14.9. The van der Waals surface area contributed by atoms with Gasteiger partial charge in [0.25, 0.3) is 5.91 Å². The summed E-state index contributed by atoms with van der Waals surface area (Å²) in [7, 11) is 0. The molecular formula is C18H13BrCl2FN3O2. The zero-order valence-corrected chi connectivity index (χ0v) is 16.8. The summed E-state index contributed by atoms with van der Waals surface area (Å²) in [6.45, 7) is -0.0542. The van der Waals surface area contributed by atoms with Crippen molar-refractivity contribution in [2.75, 3.05) is 5.73 Å². The molecular weight excluding hydrogens is 460 g/mol. The predicted octanol–water partition coefficient (Wildman–Crippen LogP) is 5.53. The Balaban J connectivity index is 1.81. The van der Waals surface area contributed by atoms with Crippen molar-refractivity contribution in [3.8, 4) is 11.5 Å². The standard InChI is InChI=1S/C18H13BrCl2FN3O2/c19-13-3-4-24-16(13)18(26)25-8-9-1-2-14(21)17(15(9)22)27-12-6-10(20)5-11(23)7-12/h1-7,24H,8,23H2,(H,25,26). The minimum Gasteiger partial charge on any atom is -0.453 e. The molecule has 0 spiro atoms. The van der Waals surface area contributed by atoms with E-state index >= 15 is 0 Å². The number of amides is 1. The van der Waals surface area contributed by atoms with E-state index in [1.165, 1.54) is 30.3 Å². The molecule has 1 heterocycles. The molecule has 140 valence electrons. The van der Waals surface area contributed by atoms with Crippen molar-refractivity contribution >= 4 is 50.7 Å². The number of anilines is 1. The first-order valence-corrected chi connectivity index (χ1v) is 9.22. The molecule has 0 aliphatic carbocycles. The quantitative estimate of drug-likeness (QED) is 0.427. The lowest BCUT2D eigenvalue weighted by atomic mass is 10.2. The summed E-state index contributed by atoms with van der Waals surface area (Å²) in [5.74, 6) is -0.998. The van der Waals surface area contributed by atoms with E-state index in [0.717, 1.165) is 0 Å². The Bertz CT molecular complexity index is 990. The van der Waals surface area contributed by atoms with Crippen molar-refractivity contribution < 1.29 is 13.9 Å². The Morgan fingerprint density at radius 3 is 2.70 bits per heavy atom. The number of rotatable bonds is 5. The second kappa shape index (κ2) is 8.21. The van der Waals surface area contributed by atoms with Crippen molar-refractivity contribution in [3.05, 3.63) is 74.2 Å². The highest BCUT2D eigenvalue weighted by molar-refractivity contribution is 9.10. The molecule has 0 saturated carbocycles. The number of H-pyrrole nitrogens is 1. The third kappa shape index (κ3) is 4.55. The van der Waals surface area contributed by atoms with Crippen molar-refractivity contribution in [2.24, 2.45) is 0 Å². The van der Waals surface area contributed by atoms with E-state index in [1.807, 2.05) is 0 Å². The zero-order valence-electron chi connectivity index (χ0n) is 13.7. The van der Waals surface area contributed by atoms with Crippen LogP contribution in [0.4, 0.5) is 10.1 Å². The van der Waals surface area contributed by atoms with E-state index in [1.54, 1.807) is 12.3 Å². The topological polar surface area (TPSA) is 80.1 Å². The van der Waals surface area contributed by atoms with Crippen LogP contribution < -0.4 is 15.8 Å². The molecule has 2 aromatic carbocycles. The lowest BCUT2D eigenvalue weighted by molar-refractivity contribution is 0.0945. The van der Waals surface area contributed by atoms with E-state index < -0.39 is 5.82 Å². The van der Waals surface area contributed by atoms with E-state index in [4.69, 9.17) is 33.7 Å². The largest absolute Gasteiger partial charge is 0.453 e. The Hall–Kier alpha value is -2.22. The number of aromatic nitrogens is 1. The number of nitrogen functional groups attached to an aromatic ring is 1. The van der Waals surface area contributed by atoms with E-state index in [9.17, 15) is 9.18 Å². The van der Waals surface area contributed by atoms with Crippen molar-refractivity contribution in [3.63, 3.8) is 0 Å². The zero-order chi connectivity index (χ0) is 19.6. The number of hydrogen-bond donors (Lipinski definition) is 3. The molecule has 1 aromatic heterocycles. The van der Waals surface area contributed by atoms with Crippen LogP contribution in [-0.4, -0.2) is 10.9 Å². The van der Waals surface area contributed by atoms with Crippen LogP contribution in [0.5, 0.6) is 11.5 Å². The molecule has 0 aliphatic rings. The SMILES string of the molecule is Nc1cc(Cl)cc(Oc2c(Cl)ccc(CNC(=O)c3[nH]ccc3Br)c2F)c1. The van der Waals surface area contributed by atoms with Crippen molar-refractivity contribution in [2.45, 2.75) is 6.54 Å². The Labute approximate surface area is 172 Å². The summed E-state index contributed by atoms with van der Waals surface area (Å²) in [6.07, 6.45) is 1.62. The maximum absolute atomic E-state index is 14.9. The van der Waals surface area contributed by atoms with Gasteiger partial charge in [0.1, 0.15) is 11.4 Å². The number of aromatic amines is 1. The molecule has 27 heavy (non-hydrogen) atoms. The molecule has 0 radical (unpaired) electrons. The van der Waals surface area contributed by atoms with Gasteiger partial charge in [-0.25, -0.2) is 4.39 Å². The molecule has 4 N–H and O–H groups in total. The molecule has 3 rings (SSSR count). The summed E-state index contributed by atoms with van der Waals surface area (Å²) in [6, 6.07) is 9.18. The summed E-state index contributed by atoms with van der Waals surface area (Å²) in [5, 5.41) is 3.06. The van der Waals surface area contributed by atoms with E-state index in [2.05, 4.69) is 26.2 Å². The van der Waals surface area contributed by atoms with Gasteiger partial charge in [-0.2, -0.15) is 0 Å². The van der Waals surface area contributed by atoms with Gasteiger partial charge in [-0.05, 0) is 40.2 Å². The Morgan fingerprint density at radius 1 is 1.26 bits per heavy atom. The molecule has 0 unspecified atom stereocenters.